The third-order valence-corrected chi connectivity index (χ3v) is 2.47. The highest BCUT2D eigenvalue weighted by atomic mass is 15.2. The summed E-state index contributed by atoms with van der Waals surface area (Å²) in [5.41, 5.74) is 2.87. The van der Waals surface area contributed by atoms with Gasteiger partial charge in [-0.15, -0.1) is 0 Å². The second-order valence-corrected chi connectivity index (χ2v) is 3.56. The number of nitrogens with zero attached hydrogens (tertiary/aromatic N) is 2. The van der Waals surface area contributed by atoms with Crippen molar-refractivity contribution in [3.05, 3.63) is 11.3 Å². The normalized spacial score (nSPS) is 23.9. The average Bonchev–Trinajstić information content (AvgIpc) is 2.40. The summed E-state index contributed by atoms with van der Waals surface area (Å²) in [5.74, 6) is 0. The molecule has 2 rings (SSSR count). The van der Waals surface area contributed by atoms with Crippen molar-refractivity contribution in [2.75, 3.05) is 13.1 Å². The minimum absolute atomic E-state index is 0.663. The first kappa shape index (κ1) is 7.04. The fourth-order valence-electron chi connectivity index (χ4n) is 1.64. The van der Waals surface area contributed by atoms with Crippen LogP contribution in [0.3, 0.4) is 0 Å². The molecule has 0 atom stereocenters. The van der Waals surface area contributed by atoms with Crippen LogP contribution in [0.2, 0.25) is 0 Å². The highest BCUT2D eigenvalue weighted by molar-refractivity contribution is 5.68. The molecule has 0 aromatic carbocycles. The average molecular weight is 150 g/mol. The Balaban J connectivity index is 2.05. The van der Waals surface area contributed by atoms with Crippen LogP contribution in [-0.2, 0) is 0 Å². The fourth-order valence-corrected chi connectivity index (χ4v) is 1.64. The van der Waals surface area contributed by atoms with Gasteiger partial charge in [-0.3, -0.25) is 9.89 Å². The molecule has 0 spiro atoms. The van der Waals surface area contributed by atoms with E-state index in [9.17, 15) is 0 Å². The van der Waals surface area contributed by atoms with Crippen LogP contribution in [0.5, 0.6) is 0 Å². The van der Waals surface area contributed by atoms with Gasteiger partial charge in [0.2, 0.25) is 0 Å². The molecule has 2 nitrogen and oxygen atoms in total. The number of hydrogen-bond acceptors (Lipinski definition) is 2. The molecule has 2 aliphatic heterocycles. The summed E-state index contributed by atoms with van der Waals surface area (Å²) in [6.07, 6.45) is 3.13. The van der Waals surface area contributed by atoms with Crippen molar-refractivity contribution in [2.24, 2.45) is 4.99 Å². The van der Waals surface area contributed by atoms with Crippen LogP contribution in [0.25, 0.3) is 0 Å². The maximum atomic E-state index is 4.34. The highest BCUT2D eigenvalue weighted by Gasteiger charge is 2.24. The molecule has 11 heavy (non-hydrogen) atoms. The maximum Gasteiger partial charge on any atom is 0.0549 e. The molecule has 60 valence electrons. The second kappa shape index (κ2) is 2.45. The quantitative estimate of drug-likeness (QED) is 0.552. The van der Waals surface area contributed by atoms with Crippen molar-refractivity contribution in [1.82, 2.24) is 4.90 Å². The van der Waals surface area contributed by atoms with Gasteiger partial charge in [0, 0.05) is 31.8 Å². The van der Waals surface area contributed by atoms with Crippen LogP contribution in [0, 0.1) is 0 Å². The molecule has 2 aliphatic rings. The van der Waals surface area contributed by atoms with E-state index in [0.717, 1.165) is 19.5 Å². The zero-order chi connectivity index (χ0) is 7.84. The Morgan fingerprint density at radius 1 is 1.45 bits per heavy atom. The van der Waals surface area contributed by atoms with Gasteiger partial charge >= 0.3 is 0 Å². The largest absolute Gasteiger partial charge is 0.291 e. The summed E-state index contributed by atoms with van der Waals surface area (Å²) in [6, 6.07) is 0.663. The minimum atomic E-state index is 0.663. The monoisotopic (exact) mass is 150 g/mol. The highest BCUT2D eigenvalue weighted by Crippen LogP contribution is 2.25. The zero-order valence-corrected chi connectivity index (χ0v) is 7.17. The Labute approximate surface area is 67.6 Å². The van der Waals surface area contributed by atoms with Gasteiger partial charge in [0.25, 0.3) is 0 Å². The third-order valence-electron chi connectivity index (χ3n) is 2.47. The predicted octanol–water partition coefficient (Wildman–Crippen LogP) is 1.44. The van der Waals surface area contributed by atoms with E-state index in [0.29, 0.717) is 6.04 Å². The van der Waals surface area contributed by atoms with E-state index in [1.54, 1.807) is 5.57 Å². The van der Waals surface area contributed by atoms with Gasteiger partial charge < -0.3 is 0 Å². The summed E-state index contributed by atoms with van der Waals surface area (Å²) >= 11 is 0. The molecular weight excluding hydrogens is 136 g/mol. The lowest BCUT2D eigenvalue weighted by atomic mass is 10.2. The molecule has 0 saturated carbocycles. The number of hydrogen-bond donors (Lipinski definition) is 0. The van der Waals surface area contributed by atoms with Crippen molar-refractivity contribution < 1.29 is 0 Å². The smallest absolute Gasteiger partial charge is 0.0549 e. The fraction of sp³-hybridized carbons (Fsp3) is 0.667. The molecule has 2 heteroatoms. The first-order valence-corrected chi connectivity index (χ1v) is 4.25. The molecule has 0 fully saturated rings. The van der Waals surface area contributed by atoms with Crippen molar-refractivity contribution >= 4 is 6.21 Å². The van der Waals surface area contributed by atoms with E-state index in [4.69, 9.17) is 0 Å². The molecular formula is C9H14N2. The zero-order valence-electron chi connectivity index (χ0n) is 7.17. The topological polar surface area (TPSA) is 15.6 Å². The lowest BCUT2D eigenvalue weighted by molar-refractivity contribution is 0.279. The molecule has 0 amide bonds. The SMILES string of the molecule is CC(C)N1CC2=C(C1)N=CC2. The first-order valence-electron chi connectivity index (χ1n) is 4.25. The van der Waals surface area contributed by atoms with E-state index < -0.39 is 0 Å². The Morgan fingerprint density at radius 3 is 2.91 bits per heavy atom. The van der Waals surface area contributed by atoms with Crippen LogP contribution in [0.1, 0.15) is 20.3 Å². The van der Waals surface area contributed by atoms with Gasteiger partial charge in [-0.05, 0) is 19.4 Å². The van der Waals surface area contributed by atoms with Crippen LogP contribution in [-0.4, -0.2) is 30.2 Å². The standard InChI is InChI=1S/C9H14N2/c1-7(2)11-5-8-3-4-10-9(8)6-11/h4,7H,3,5-6H2,1-2H3. The summed E-state index contributed by atoms with van der Waals surface area (Å²) in [4.78, 5) is 6.80. The number of rotatable bonds is 1. The Kier molecular flexibility index (Phi) is 1.57. The first-order chi connectivity index (χ1) is 5.27. The van der Waals surface area contributed by atoms with E-state index in [-0.39, 0.29) is 0 Å². The van der Waals surface area contributed by atoms with E-state index >= 15 is 0 Å². The minimum Gasteiger partial charge on any atom is -0.291 e. The summed E-state index contributed by atoms with van der Waals surface area (Å²) in [5, 5.41) is 0. The second-order valence-electron chi connectivity index (χ2n) is 3.56. The molecule has 0 radical (unpaired) electrons. The Bertz CT molecular complexity index is 226. The van der Waals surface area contributed by atoms with Gasteiger partial charge in [0.1, 0.15) is 0 Å². The molecule has 0 aromatic heterocycles. The maximum absolute atomic E-state index is 4.34. The molecule has 0 aromatic rings. The van der Waals surface area contributed by atoms with E-state index in [1.807, 2.05) is 6.21 Å². The molecule has 0 unspecified atom stereocenters. The van der Waals surface area contributed by atoms with Crippen molar-refractivity contribution in [3.8, 4) is 0 Å². The molecule has 0 bridgehead atoms. The van der Waals surface area contributed by atoms with Gasteiger partial charge in [-0.2, -0.15) is 0 Å². The van der Waals surface area contributed by atoms with Crippen molar-refractivity contribution in [3.63, 3.8) is 0 Å². The lowest BCUT2D eigenvalue weighted by Gasteiger charge is -2.20. The van der Waals surface area contributed by atoms with Crippen molar-refractivity contribution in [1.29, 1.82) is 0 Å². The Hall–Kier alpha value is -0.630. The van der Waals surface area contributed by atoms with Crippen LogP contribution < -0.4 is 0 Å². The van der Waals surface area contributed by atoms with Crippen LogP contribution in [0.15, 0.2) is 16.3 Å². The molecule has 0 saturated heterocycles. The van der Waals surface area contributed by atoms with E-state index in [2.05, 4.69) is 23.7 Å². The molecule has 0 N–H and O–H groups in total. The van der Waals surface area contributed by atoms with Crippen LogP contribution in [0.4, 0.5) is 0 Å². The third kappa shape index (κ3) is 1.11. The van der Waals surface area contributed by atoms with Gasteiger partial charge in [0.05, 0.1) is 5.70 Å². The summed E-state index contributed by atoms with van der Waals surface area (Å²) < 4.78 is 0. The molecule has 2 heterocycles. The van der Waals surface area contributed by atoms with Gasteiger partial charge in [0.15, 0.2) is 0 Å². The lowest BCUT2D eigenvalue weighted by Crippen LogP contribution is -2.29. The van der Waals surface area contributed by atoms with Crippen molar-refractivity contribution in [2.45, 2.75) is 26.3 Å². The van der Waals surface area contributed by atoms with Gasteiger partial charge in [-0.25, -0.2) is 0 Å². The van der Waals surface area contributed by atoms with E-state index in [1.165, 1.54) is 5.70 Å². The summed E-state index contributed by atoms with van der Waals surface area (Å²) in [6.45, 7) is 6.70. The van der Waals surface area contributed by atoms with Gasteiger partial charge in [-0.1, -0.05) is 0 Å². The van der Waals surface area contributed by atoms with Crippen LogP contribution >= 0.6 is 0 Å². The molecule has 0 aliphatic carbocycles. The number of aliphatic imine (C=N–C) groups is 1. The Morgan fingerprint density at radius 2 is 2.27 bits per heavy atom. The predicted molar refractivity (Wildman–Crippen MR) is 46.8 cm³/mol. The summed E-state index contributed by atoms with van der Waals surface area (Å²) in [7, 11) is 0.